The Morgan fingerprint density at radius 3 is 2.50 bits per heavy atom. The number of thioether (sulfide) groups is 1. The second kappa shape index (κ2) is 4.23. The van der Waals surface area contributed by atoms with Crippen molar-refractivity contribution < 1.29 is 18.3 Å². The molecule has 0 saturated heterocycles. The van der Waals surface area contributed by atoms with E-state index in [9.17, 15) is 13.2 Å². The zero-order valence-corrected chi connectivity index (χ0v) is 8.19. The highest BCUT2D eigenvalue weighted by Crippen LogP contribution is 2.37. The van der Waals surface area contributed by atoms with Gasteiger partial charge in [-0.1, -0.05) is 12.1 Å². The third-order valence-electron chi connectivity index (χ3n) is 1.57. The minimum atomic E-state index is -4.28. The molecule has 0 aliphatic heterocycles. The standard InChI is InChI=1S/C9H9F3OS/c1-6(13)7-3-2-4-8(5-7)14-9(10,11)12/h2-6,13H,1H3/t6-/m1/s1. The molecule has 0 bridgehead atoms. The molecular weight excluding hydrogens is 213 g/mol. The van der Waals surface area contributed by atoms with E-state index in [1.807, 2.05) is 0 Å². The summed E-state index contributed by atoms with van der Waals surface area (Å²) < 4.78 is 35.9. The lowest BCUT2D eigenvalue weighted by Crippen LogP contribution is -1.99. The zero-order chi connectivity index (χ0) is 10.8. The predicted octanol–water partition coefficient (Wildman–Crippen LogP) is 3.35. The third-order valence-corrected chi connectivity index (χ3v) is 2.30. The van der Waals surface area contributed by atoms with E-state index in [0.29, 0.717) is 5.56 Å². The monoisotopic (exact) mass is 222 g/mol. The van der Waals surface area contributed by atoms with Gasteiger partial charge in [0.25, 0.3) is 0 Å². The largest absolute Gasteiger partial charge is 0.446 e. The van der Waals surface area contributed by atoms with Crippen LogP contribution in [0.25, 0.3) is 0 Å². The van der Waals surface area contributed by atoms with E-state index < -0.39 is 11.6 Å². The molecule has 0 fully saturated rings. The van der Waals surface area contributed by atoms with Crippen molar-refractivity contribution in [1.82, 2.24) is 0 Å². The number of hydrogen-bond donors (Lipinski definition) is 1. The molecule has 1 atom stereocenters. The van der Waals surface area contributed by atoms with Gasteiger partial charge in [-0.2, -0.15) is 13.2 Å². The summed E-state index contributed by atoms with van der Waals surface area (Å²) in [6, 6.07) is 5.79. The molecule has 5 heteroatoms. The van der Waals surface area contributed by atoms with Gasteiger partial charge in [-0.3, -0.25) is 0 Å². The van der Waals surface area contributed by atoms with Gasteiger partial charge in [0.05, 0.1) is 6.10 Å². The Labute approximate surface area is 83.9 Å². The lowest BCUT2D eigenvalue weighted by atomic mass is 10.1. The van der Waals surface area contributed by atoms with Crippen molar-refractivity contribution in [3.05, 3.63) is 29.8 Å². The smallest absolute Gasteiger partial charge is 0.389 e. The molecule has 0 aliphatic rings. The number of hydrogen-bond acceptors (Lipinski definition) is 2. The fraction of sp³-hybridized carbons (Fsp3) is 0.333. The minimum absolute atomic E-state index is 0.0934. The normalized spacial score (nSPS) is 14.1. The van der Waals surface area contributed by atoms with Crippen LogP contribution in [0.5, 0.6) is 0 Å². The molecule has 1 aromatic rings. The summed E-state index contributed by atoms with van der Waals surface area (Å²) in [6.07, 6.45) is -0.746. The van der Waals surface area contributed by atoms with Crippen molar-refractivity contribution in [1.29, 1.82) is 0 Å². The van der Waals surface area contributed by atoms with Gasteiger partial charge in [0, 0.05) is 4.90 Å². The molecule has 0 radical (unpaired) electrons. The molecule has 0 aliphatic carbocycles. The molecule has 0 unspecified atom stereocenters. The number of benzene rings is 1. The lowest BCUT2D eigenvalue weighted by molar-refractivity contribution is -0.0328. The van der Waals surface area contributed by atoms with Crippen LogP contribution < -0.4 is 0 Å². The average Bonchev–Trinajstić information content (AvgIpc) is 2.01. The number of rotatable bonds is 2. The van der Waals surface area contributed by atoms with Gasteiger partial charge in [0.2, 0.25) is 0 Å². The summed E-state index contributed by atoms with van der Waals surface area (Å²) in [5, 5.41) is 9.16. The Balaban J connectivity index is 2.84. The van der Waals surface area contributed by atoms with Crippen molar-refractivity contribution in [2.45, 2.75) is 23.4 Å². The van der Waals surface area contributed by atoms with Gasteiger partial charge < -0.3 is 5.11 Å². The topological polar surface area (TPSA) is 20.2 Å². The molecule has 0 heterocycles. The highest BCUT2D eigenvalue weighted by Gasteiger charge is 2.29. The summed E-state index contributed by atoms with van der Waals surface area (Å²) in [6.45, 7) is 1.51. The molecular formula is C9H9F3OS. The van der Waals surface area contributed by atoms with Crippen molar-refractivity contribution in [2.24, 2.45) is 0 Å². The van der Waals surface area contributed by atoms with E-state index in [0.717, 1.165) is 0 Å². The Bertz CT molecular complexity index is 309. The highest BCUT2D eigenvalue weighted by atomic mass is 32.2. The maximum absolute atomic E-state index is 12.0. The Hall–Kier alpha value is -0.680. The van der Waals surface area contributed by atoms with E-state index in [2.05, 4.69) is 0 Å². The van der Waals surface area contributed by atoms with Crippen molar-refractivity contribution in [3.8, 4) is 0 Å². The first-order valence-corrected chi connectivity index (χ1v) is 4.74. The van der Waals surface area contributed by atoms with Gasteiger partial charge >= 0.3 is 5.51 Å². The number of alkyl halides is 3. The van der Waals surface area contributed by atoms with Crippen molar-refractivity contribution in [2.75, 3.05) is 0 Å². The van der Waals surface area contributed by atoms with Gasteiger partial charge in [-0.05, 0) is 36.4 Å². The summed E-state index contributed by atoms with van der Waals surface area (Å²) in [5.41, 5.74) is -3.80. The molecule has 0 spiro atoms. The zero-order valence-electron chi connectivity index (χ0n) is 7.38. The first-order valence-electron chi connectivity index (χ1n) is 3.92. The van der Waals surface area contributed by atoms with E-state index in [-0.39, 0.29) is 16.7 Å². The van der Waals surface area contributed by atoms with Crippen molar-refractivity contribution in [3.63, 3.8) is 0 Å². The Morgan fingerprint density at radius 2 is 2.00 bits per heavy atom. The molecule has 0 amide bonds. The summed E-state index contributed by atoms with van der Waals surface area (Å²) >= 11 is -0.179. The molecule has 14 heavy (non-hydrogen) atoms. The second-order valence-corrected chi connectivity index (χ2v) is 3.93. The third kappa shape index (κ3) is 3.59. The summed E-state index contributed by atoms with van der Waals surface area (Å²) in [4.78, 5) is 0.0934. The van der Waals surface area contributed by atoms with E-state index >= 15 is 0 Å². The first-order chi connectivity index (χ1) is 6.38. The van der Waals surface area contributed by atoms with Crippen LogP contribution >= 0.6 is 11.8 Å². The highest BCUT2D eigenvalue weighted by molar-refractivity contribution is 8.00. The van der Waals surface area contributed by atoms with Crippen LogP contribution in [0, 0.1) is 0 Å². The van der Waals surface area contributed by atoms with Crippen LogP contribution in [-0.2, 0) is 0 Å². The SMILES string of the molecule is C[C@@H](O)c1cccc(SC(F)(F)F)c1. The van der Waals surface area contributed by atoms with Crippen LogP contribution in [-0.4, -0.2) is 10.6 Å². The quantitative estimate of drug-likeness (QED) is 0.774. The number of aliphatic hydroxyl groups excluding tert-OH is 1. The van der Waals surface area contributed by atoms with Gasteiger partial charge in [0.15, 0.2) is 0 Å². The second-order valence-electron chi connectivity index (χ2n) is 2.80. The fourth-order valence-corrected chi connectivity index (χ4v) is 1.58. The average molecular weight is 222 g/mol. The molecule has 0 aromatic heterocycles. The van der Waals surface area contributed by atoms with Crippen LogP contribution in [0.3, 0.4) is 0 Å². The van der Waals surface area contributed by atoms with Crippen LogP contribution in [0.2, 0.25) is 0 Å². The van der Waals surface area contributed by atoms with Crippen LogP contribution in [0.4, 0.5) is 13.2 Å². The molecule has 0 saturated carbocycles. The van der Waals surface area contributed by atoms with Gasteiger partial charge in [-0.25, -0.2) is 0 Å². The Kier molecular flexibility index (Phi) is 3.44. The van der Waals surface area contributed by atoms with Gasteiger partial charge in [0.1, 0.15) is 0 Å². The lowest BCUT2D eigenvalue weighted by Gasteiger charge is -2.08. The minimum Gasteiger partial charge on any atom is -0.389 e. The number of aliphatic hydroxyl groups is 1. The predicted molar refractivity (Wildman–Crippen MR) is 49.0 cm³/mol. The fourth-order valence-electron chi connectivity index (χ4n) is 0.972. The Morgan fingerprint density at radius 1 is 1.36 bits per heavy atom. The maximum atomic E-state index is 12.0. The number of halogens is 3. The van der Waals surface area contributed by atoms with E-state index in [4.69, 9.17) is 5.11 Å². The summed E-state index contributed by atoms with van der Waals surface area (Å²) in [5.74, 6) is 0. The molecule has 78 valence electrons. The molecule has 1 aromatic carbocycles. The van der Waals surface area contributed by atoms with Crippen LogP contribution in [0.1, 0.15) is 18.6 Å². The molecule has 1 rings (SSSR count). The van der Waals surface area contributed by atoms with Gasteiger partial charge in [-0.15, -0.1) is 0 Å². The van der Waals surface area contributed by atoms with E-state index in [1.165, 1.54) is 25.1 Å². The molecule has 1 N–H and O–H groups in total. The van der Waals surface area contributed by atoms with E-state index in [1.54, 1.807) is 6.07 Å². The maximum Gasteiger partial charge on any atom is 0.446 e. The summed E-state index contributed by atoms with van der Waals surface area (Å²) in [7, 11) is 0. The molecule has 1 nitrogen and oxygen atoms in total. The van der Waals surface area contributed by atoms with Crippen LogP contribution in [0.15, 0.2) is 29.2 Å². The van der Waals surface area contributed by atoms with Crippen molar-refractivity contribution >= 4 is 11.8 Å². The first kappa shape index (κ1) is 11.4.